The molecule has 8 aromatic rings. The van der Waals surface area contributed by atoms with Crippen LogP contribution in [0.5, 0.6) is 23.0 Å². The normalized spacial score (nSPS) is 18.8. The minimum Gasteiger partial charge on any atom is -0.484 e. The molecule has 3 aliphatic carbocycles. The number of carboxylic acid groups (broad SMARTS) is 1. The van der Waals surface area contributed by atoms with Crippen LogP contribution >= 0.6 is 0 Å². The molecular weight excluding hydrogens is 1680 g/mol. The number of hydrogen-bond acceptors (Lipinski definition) is 24. The van der Waals surface area contributed by atoms with Crippen LogP contribution in [0.4, 0.5) is 0 Å². The Balaban J connectivity index is 0.000000254. The van der Waals surface area contributed by atoms with Gasteiger partial charge in [-0.15, -0.1) is 0 Å². The van der Waals surface area contributed by atoms with Crippen LogP contribution in [0.25, 0.3) is 0 Å². The molecule has 127 heavy (non-hydrogen) atoms. The largest absolute Gasteiger partial charge is 0.484 e. The highest BCUT2D eigenvalue weighted by Gasteiger charge is 2.42. The zero-order valence-corrected chi connectivity index (χ0v) is 74.6. The van der Waals surface area contributed by atoms with Gasteiger partial charge in [0.25, 0.3) is 12.4 Å². The maximum atomic E-state index is 13.1. The molecule has 0 radical (unpaired) electrons. The Labute approximate surface area is 746 Å². The summed E-state index contributed by atoms with van der Waals surface area (Å²) in [7, 11) is -10.9. The molecule has 684 valence electrons. The molecule has 3 saturated heterocycles. The number of fused-ring (bicyclic) bond motifs is 3. The first-order valence-corrected chi connectivity index (χ1v) is 49.0. The molecule has 3 heterocycles. The topological polar surface area (TPSA) is 355 Å². The van der Waals surface area contributed by atoms with Crippen LogP contribution in [-0.2, 0) is 82.4 Å². The number of carboxylic acids is 1. The zero-order valence-electron chi connectivity index (χ0n) is 72.1. The van der Waals surface area contributed by atoms with Crippen LogP contribution in [0, 0.1) is 0 Å². The van der Waals surface area contributed by atoms with Gasteiger partial charge in [0, 0.05) is 56.9 Å². The van der Waals surface area contributed by atoms with Gasteiger partial charge in [0.2, 0.25) is 20.0 Å². The van der Waals surface area contributed by atoms with Gasteiger partial charge in [-0.05, 0) is 252 Å². The minimum absolute atomic E-state index is 0.0417. The molecule has 0 aromatic heterocycles. The first-order valence-electron chi connectivity index (χ1n) is 44.3. The van der Waals surface area contributed by atoms with Crippen molar-refractivity contribution in [2.75, 3.05) is 150 Å². The van der Waals surface area contributed by atoms with E-state index in [9.17, 15) is 44.4 Å². The van der Waals surface area contributed by atoms with Gasteiger partial charge in [0.1, 0.15) is 41.3 Å². The monoisotopic (exact) mass is 1800 g/mol. The lowest BCUT2D eigenvalue weighted by Crippen LogP contribution is -2.43. The summed E-state index contributed by atoms with van der Waals surface area (Å²) in [6.07, 6.45) is 14.8. The summed E-state index contributed by atoms with van der Waals surface area (Å²) in [5.41, 5.74) is 14.0. The number of hydrogen-bond donors (Lipinski definition) is 5. The number of benzene rings is 8. The van der Waals surface area contributed by atoms with Crippen molar-refractivity contribution in [3.63, 3.8) is 0 Å². The highest BCUT2D eigenvalue weighted by Crippen LogP contribution is 2.43. The number of rotatable bonds is 47. The number of nitrogens with zero attached hydrogens (tertiary/aromatic N) is 3. The van der Waals surface area contributed by atoms with Crippen LogP contribution in [0.2, 0.25) is 0 Å². The van der Waals surface area contributed by atoms with E-state index in [0.29, 0.717) is 99.2 Å². The molecular formula is C96H121N7O21S3. The summed E-state index contributed by atoms with van der Waals surface area (Å²) in [4.78, 5) is 54.0. The van der Waals surface area contributed by atoms with E-state index < -0.39 is 35.9 Å². The molecule has 31 heteroatoms. The number of carbonyl (C=O) groups is 4. The van der Waals surface area contributed by atoms with Gasteiger partial charge in [0.15, 0.2) is 15.6 Å². The molecule has 8 aromatic carbocycles. The molecule has 6 atom stereocenters. The summed E-state index contributed by atoms with van der Waals surface area (Å²) >= 11 is 0. The molecule has 28 nitrogen and oxygen atoms in total. The smallest absolute Gasteiger partial charge is 0.335 e. The Morgan fingerprint density at radius 1 is 0.386 bits per heavy atom. The number of likely N-dealkylation sites (tertiary alicyclic amines) is 3. The number of aromatic carboxylic acids is 1. The summed E-state index contributed by atoms with van der Waals surface area (Å²) in [5.74, 6) is 0.900. The highest BCUT2D eigenvalue weighted by molar-refractivity contribution is 7.91. The third kappa shape index (κ3) is 29.1. The minimum atomic E-state index is -3.75. The number of carbonyl (C=O) groups excluding carboxylic acids is 3. The Kier molecular flexibility index (Phi) is 38.0. The number of nitrogens with one attached hydrogen (secondary N) is 3. The second-order valence-electron chi connectivity index (χ2n) is 32.1. The van der Waals surface area contributed by atoms with Crippen molar-refractivity contribution in [2.24, 2.45) is 5.73 Å². The Morgan fingerprint density at radius 2 is 0.732 bits per heavy atom. The molecule has 1 amide bonds. The van der Waals surface area contributed by atoms with Gasteiger partial charge in [0.05, 0.1) is 110 Å². The van der Waals surface area contributed by atoms with Gasteiger partial charge >= 0.3 is 5.97 Å². The highest BCUT2D eigenvalue weighted by atomic mass is 32.2. The standard InChI is InChI=1S/C62H78N4O12S2.C26H37N3O5S.C8H6O4/c67-59(17-11-36-73-40-43-76-39-31-64-80(71,72)54-28-24-52(25-29-54)78-61-56-16-6-4-14-50(56)46-58(61)66-34-9-2-10-35-66)47-18-20-48(21-19-47)62(68)63-30-38-75-42-41-74-37-12-44-79(69,70)53-26-22-51(23-27-53)77-60-55-15-5-3-13-49(55)45-57(60)65-32-7-1-8-33-65;27-12-16-32-18-19-33-17-13-28-35(30,31)23-10-8-22(9-11-23)34-26-24-7-3-2-6-21(24)20-25(26)29-14-4-1-5-15-29;9-5-12-7-3-1-6(2-4-7)8(10)11/h3-6,13-16,18-29,57-58,60-61,64H,1-2,7-12,17,30-46H2,(H,63,68);2-3,6-11,25-26,28H,1,4-5,12-20,27H2;1-5H,(H,10,11)/t57-,58-,60-,61-;25-,26-;/m00./s1. The zero-order chi connectivity index (χ0) is 89.1. The Hall–Kier alpha value is -9.39. The van der Waals surface area contributed by atoms with Crippen molar-refractivity contribution in [3.8, 4) is 23.0 Å². The molecule has 3 aliphatic heterocycles. The van der Waals surface area contributed by atoms with Crippen molar-refractivity contribution in [1.29, 1.82) is 0 Å². The third-order valence-electron chi connectivity index (χ3n) is 23.4. The van der Waals surface area contributed by atoms with Crippen LogP contribution in [0.1, 0.15) is 160 Å². The van der Waals surface area contributed by atoms with Gasteiger partial charge < -0.3 is 63.5 Å². The molecule has 0 spiro atoms. The predicted molar refractivity (Wildman–Crippen MR) is 481 cm³/mol. The van der Waals surface area contributed by atoms with E-state index >= 15 is 0 Å². The number of sulfonamides is 2. The fourth-order valence-corrected chi connectivity index (χ4v) is 20.2. The van der Waals surface area contributed by atoms with Crippen LogP contribution in [0.3, 0.4) is 0 Å². The van der Waals surface area contributed by atoms with Gasteiger partial charge in [-0.1, -0.05) is 104 Å². The first-order chi connectivity index (χ1) is 61.8. The van der Waals surface area contributed by atoms with E-state index in [1.165, 1.54) is 115 Å². The first kappa shape index (κ1) is 96.7. The second-order valence-corrected chi connectivity index (χ2v) is 37.7. The molecule has 3 fully saturated rings. The summed E-state index contributed by atoms with van der Waals surface area (Å²) in [6.45, 7) is 11.6. The van der Waals surface area contributed by atoms with Crippen LogP contribution in [0.15, 0.2) is 209 Å². The molecule has 0 unspecified atom stereocenters. The lowest BCUT2D eigenvalue weighted by atomic mass is 10.0. The van der Waals surface area contributed by atoms with Crippen molar-refractivity contribution in [2.45, 2.75) is 147 Å². The summed E-state index contributed by atoms with van der Waals surface area (Å²) in [6, 6.07) is 58.3. The van der Waals surface area contributed by atoms with Gasteiger partial charge in [-0.25, -0.2) is 39.5 Å². The maximum Gasteiger partial charge on any atom is 0.335 e. The summed E-state index contributed by atoms with van der Waals surface area (Å²) in [5, 5.41) is 11.3. The number of ketones is 1. The molecule has 6 N–H and O–H groups in total. The van der Waals surface area contributed by atoms with Crippen molar-refractivity contribution < 1.29 is 96.9 Å². The van der Waals surface area contributed by atoms with Crippen LogP contribution < -0.4 is 39.4 Å². The van der Waals surface area contributed by atoms with E-state index in [2.05, 4.69) is 101 Å². The SMILES string of the molecule is NCCOCCOCCNS(=O)(=O)c1ccc(O[C@H]2c3ccccc3C[C@@H]2N2CCCCC2)cc1.O=C(CCCOCCOCCNS(=O)(=O)c1ccc(O[C@H]2c3ccccc3C[C@@H]2N2CCCCC2)cc1)c1ccc(C(=O)NCCOCCOCCCS(=O)(=O)c2ccc(O[C@H]3c4ccccc4C[C@@H]3N3CCCCC3)cc2)cc1.O=COc1ccc(C(=O)O)cc1. The molecule has 6 aliphatic rings. The third-order valence-corrected chi connectivity index (χ3v) is 28.1. The fourth-order valence-electron chi connectivity index (χ4n) is 16.8. The van der Waals surface area contributed by atoms with E-state index in [1.54, 1.807) is 97.1 Å². The number of sulfone groups is 1. The Morgan fingerprint density at radius 3 is 1.13 bits per heavy atom. The number of amides is 1. The lowest BCUT2D eigenvalue weighted by molar-refractivity contribution is -0.120. The fraction of sp³-hybridized carbons (Fsp3) is 0.458. The maximum absolute atomic E-state index is 13.1. The quantitative estimate of drug-likeness (QED) is 0.0134. The number of piperidine rings is 3. The van der Waals surface area contributed by atoms with Crippen molar-refractivity contribution >= 4 is 54.0 Å². The van der Waals surface area contributed by atoms with Crippen molar-refractivity contribution in [1.82, 2.24) is 29.5 Å². The van der Waals surface area contributed by atoms with E-state index in [0.717, 1.165) is 58.5 Å². The molecule has 14 rings (SSSR count). The van der Waals surface area contributed by atoms with E-state index in [1.807, 2.05) is 6.07 Å². The van der Waals surface area contributed by atoms with Gasteiger partial charge in [-0.2, -0.15) is 0 Å². The second kappa shape index (κ2) is 50.0. The lowest BCUT2D eigenvalue weighted by Gasteiger charge is -2.35. The van der Waals surface area contributed by atoms with Crippen molar-refractivity contribution in [3.05, 3.63) is 244 Å². The average molecular weight is 1810 g/mol. The summed E-state index contributed by atoms with van der Waals surface area (Å²) < 4.78 is 140. The molecule has 0 saturated carbocycles. The number of Topliss-reactive ketones (excluding diaryl/α,β-unsaturated/α-hetero) is 1. The van der Waals surface area contributed by atoms with Gasteiger partial charge in [-0.3, -0.25) is 29.1 Å². The average Bonchev–Trinajstić information content (AvgIpc) is 1.65. The molecule has 0 bridgehead atoms. The predicted octanol–water partition coefficient (Wildman–Crippen LogP) is 11.8. The number of ether oxygens (including phenoxy) is 10. The van der Waals surface area contributed by atoms with E-state index in [-0.39, 0.29) is 140 Å². The number of nitrogens with two attached hydrogens (primary N) is 1. The van der Waals surface area contributed by atoms with E-state index in [4.69, 9.17) is 53.5 Å². The Bertz CT molecular complexity index is 4900. The van der Waals surface area contributed by atoms with Crippen LogP contribution in [-0.4, -0.2) is 238 Å².